The van der Waals surface area contributed by atoms with Crippen LogP contribution in [0.3, 0.4) is 0 Å². The van der Waals surface area contributed by atoms with Gasteiger partial charge < -0.3 is 5.32 Å². The molecule has 1 N–H and O–H groups in total. The van der Waals surface area contributed by atoms with E-state index in [1.807, 2.05) is 12.1 Å². The van der Waals surface area contributed by atoms with Gasteiger partial charge in [0.15, 0.2) is 0 Å². The third kappa shape index (κ3) is 3.51. The Kier molecular flexibility index (Phi) is 4.51. The minimum absolute atomic E-state index is 0.154. The molecule has 1 heterocycles. The SMILES string of the molecule is CCCC1CNCCN1Cc1ccc(F)cc1. The summed E-state index contributed by atoms with van der Waals surface area (Å²) in [6.45, 7) is 6.38. The first-order chi connectivity index (χ1) is 8.29. The Balaban J connectivity index is 1.97. The maximum absolute atomic E-state index is 12.8. The first-order valence-corrected chi connectivity index (χ1v) is 6.49. The van der Waals surface area contributed by atoms with Crippen LogP contribution in [-0.4, -0.2) is 30.6 Å². The van der Waals surface area contributed by atoms with Gasteiger partial charge in [-0.15, -0.1) is 0 Å². The lowest BCUT2D eigenvalue weighted by molar-refractivity contribution is 0.144. The Labute approximate surface area is 103 Å². The number of halogens is 1. The molecule has 94 valence electrons. The van der Waals surface area contributed by atoms with Gasteiger partial charge in [0.1, 0.15) is 5.82 Å². The van der Waals surface area contributed by atoms with Crippen molar-refractivity contribution in [2.24, 2.45) is 0 Å². The Morgan fingerprint density at radius 2 is 2.12 bits per heavy atom. The van der Waals surface area contributed by atoms with Gasteiger partial charge in [0.2, 0.25) is 0 Å². The summed E-state index contributed by atoms with van der Waals surface area (Å²) in [6, 6.07) is 7.50. The Morgan fingerprint density at radius 1 is 1.35 bits per heavy atom. The summed E-state index contributed by atoms with van der Waals surface area (Å²) < 4.78 is 12.8. The van der Waals surface area contributed by atoms with E-state index in [0.717, 1.165) is 26.2 Å². The van der Waals surface area contributed by atoms with Gasteiger partial charge in [0.05, 0.1) is 0 Å². The smallest absolute Gasteiger partial charge is 0.123 e. The fourth-order valence-corrected chi connectivity index (χ4v) is 2.45. The molecule has 1 aromatic carbocycles. The van der Waals surface area contributed by atoms with E-state index in [1.165, 1.54) is 18.4 Å². The van der Waals surface area contributed by atoms with Crippen LogP contribution in [0, 0.1) is 5.82 Å². The van der Waals surface area contributed by atoms with Crippen LogP contribution in [0.1, 0.15) is 25.3 Å². The first-order valence-electron chi connectivity index (χ1n) is 6.49. The summed E-state index contributed by atoms with van der Waals surface area (Å²) in [5, 5.41) is 3.44. The van der Waals surface area contributed by atoms with Crippen LogP contribution in [0.25, 0.3) is 0 Å². The molecule has 3 heteroatoms. The molecule has 0 aromatic heterocycles. The fourth-order valence-electron chi connectivity index (χ4n) is 2.45. The molecule has 0 spiro atoms. The Hall–Kier alpha value is -0.930. The first kappa shape index (κ1) is 12.5. The third-order valence-corrected chi connectivity index (χ3v) is 3.39. The average Bonchev–Trinajstić information content (AvgIpc) is 2.35. The van der Waals surface area contributed by atoms with Gasteiger partial charge in [-0.25, -0.2) is 4.39 Å². The molecule has 0 radical (unpaired) electrons. The van der Waals surface area contributed by atoms with Crippen LogP contribution in [0.15, 0.2) is 24.3 Å². The van der Waals surface area contributed by atoms with Crippen LogP contribution < -0.4 is 5.32 Å². The maximum Gasteiger partial charge on any atom is 0.123 e. The van der Waals surface area contributed by atoms with Crippen molar-refractivity contribution in [2.75, 3.05) is 19.6 Å². The van der Waals surface area contributed by atoms with Crippen molar-refractivity contribution in [3.05, 3.63) is 35.6 Å². The molecular formula is C14H21FN2. The molecule has 2 rings (SSSR count). The molecule has 1 fully saturated rings. The van der Waals surface area contributed by atoms with Crippen molar-refractivity contribution in [2.45, 2.75) is 32.4 Å². The van der Waals surface area contributed by atoms with Crippen molar-refractivity contribution < 1.29 is 4.39 Å². The van der Waals surface area contributed by atoms with E-state index in [9.17, 15) is 4.39 Å². The molecule has 0 aliphatic carbocycles. The molecule has 0 bridgehead atoms. The molecule has 1 saturated heterocycles. The summed E-state index contributed by atoms with van der Waals surface area (Å²) in [5.41, 5.74) is 1.20. The van der Waals surface area contributed by atoms with E-state index in [-0.39, 0.29) is 5.82 Å². The lowest BCUT2D eigenvalue weighted by Gasteiger charge is -2.36. The van der Waals surface area contributed by atoms with E-state index in [1.54, 1.807) is 12.1 Å². The van der Waals surface area contributed by atoms with Crippen molar-refractivity contribution >= 4 is 0 Å². The number of piperazine rings is 1. The summed E-state index contributed by atoms with van der Waals surface area (Å²) >= 11 is 0. The van der Waals surface area contributed by atoms with E-state index in [0.29, 0.717) is 6.04 Å². The number of hydrogen-bond acceptors (Lipinski definition) is 2. The molecule has 1 atom stereocenters. The van der Waals surface area contributed by atoms with Gasteiger partial charge in [-0.3, -0.25) is 4.90 Å². The molecule has 1 aromatic rings. The van der Waals surface area contributed by atoms with Crippen molar-refractivity contribution in [3.63, 3.8) is 0 Å². The predicted molar refractivity (Wildman–Crippen MR) is 68.4 cm³/mol. The average molecular weight is 236 g/mol. The van der Waals surface area contributed by atoms with Crippen molar-refractivity contribution in [3.8, 4) is 0 Å². The number of benzene rings is 1. The largest absolute Gasteiger partial charge is 0.314 e. The zero-order valence-corrected chi connectivity index (χ0v) is 10.5. The summed E-state index contributed by atoms with van der Waals surface area (Å²) in [5.74, 6) is -0.154. The molecule has 17 heavy (non-hydrogen) atoms. The molecule has 1 aliphatic heterocycles. The van der Waals surface area contributed by atoms with Crippen LogP contribution in [0.4, 0.5) is 4.39 Å². The van der Waals surface area contributed by atoms with E-state index < -0.39 is 0 Å². The highest BCUT2D eigenvalue weighted by Gasteiger charge is 2.20. The second kappa shape index (κ2) is 6.12. The number of rotatable bonds is 4. The number of nitrogens with zero attached hydrogens (tertiary/aromatic N) is 1. The van der Waals surface area contributed by atoms with Gasteiger partial charge in [0, 0.05) is 32.2 Å². The fraction of sp³-hybridized carbons (Fsp3) is 0.571. The van der Waals surface area contributed by atoms with Crippen LogP contribution in [-0.2, 0) is 6.54 Å². The highest BCUT2D eigenvalue weighted by Crippen LogP contribution is 2.14. The minimum atomic E-state index is -0.154. The third-order valence-electron chi connectivity index (χ3n) is 3.39. The maximum atomic E-state index is 12.8. The number of nitrogens with one attached hydrogen (secondary N) is 1. The topological polar surface area (TPSA) is 15.3 Å². The highest BCUT2D eigenvalue weighted by molar-refractivity contribution is 5.16. The lowest BCUT2D eigenvalue weighted by Crippen LogP contribution is -2.50. The Bertz CT molecular complexity index is 335. The van der Waals surface area contributed by atoms with Gasteiger partial charge in [-0.2, -0.15) is 0 Å². The molecule has 2 nitrogen and oxygen atoms in total. The van der Waals surface area contributed by atoms with Crippen molar-refractivity contribution in [1.82, 2.24) is 10.2 Å². The lowest BCUT2D eigenvalue weighted by atomic mass is 10.1. The van der Waals surface area contributed by atoms with E-state index in [2.05, 4.69) is 17.1 Å². The summed E-state index contributed by atoms with van der Waals surface area (Å²) in [6.07, 6.45) is 2.44. The second-order valence-electron chi connectivity index (χ2n) is 4.74. The normalized spacial score (nSPS) is 21.6. The van der Waals surface area contributed by atoms with Crippen molar-refractivity contribution in [1.29, 1.82) is 0 Å². The van der Waals surface area contributed by atoms with Gasteiger partial charge in [0.25, 0.3) is 0 Å². The van der Waals surface area contributed by atoms with Gasteiger partial charge in [-0.05, 0) is 24.1 Å². The highest BCUT2D eigenvalue weighted by atomic mass is 19.1. The van der Waals surface area contributed by atoms with Gasteiger partial charge in [-0.1, -0.05) is 25.5 Å². The minimum Gasteiger partial charge on any atom is -0.314 e. The summed E-state index contributed by atoms with van der Waals surface area (Å²) in [4.78, 5) is 2.51. The standard InChI is InChI=1S/C14H21FN2/c1-2-3-14-10-16-8-9-17(14)11-12-4-6-13(15)7-5-12/h4-7,14,16H,2-3,8-11H2,1H3. The van der Waals surface area contributed by atoms with E-state index >= 15 is 0 Å². The molecule has 0 saturated carbocycles. The Morgan fingerprint density at radius 3 is 2.82 bits per heavy atom. The molecular weight excluding hydrogens is 215 g/mol. The molecule has 0 amide bonds. The predicted octanol–water partition coefficient (Wildman–Crippen LogP) is 2.40. The quantitative estimate of drug-likeness (QED) is 0.863. The number of hydrogen-bond donors (Lipinski definition) is 1. The molecule has 1 aliphatic rings. The van der Waals surface area contributed by atoms with E-state index in [4.69, 9.17) is 0 Å². The van der Waals surface area contributed by atoms with Crippen LogP contribution in [0.5, 0.6) is 0 Å². The monoisotopic (exact) mass is 236 g/mol. The second-order valence-corrected chi connectivity index (χ2v) is 4.74. The molecule has 1 unspecified atom stereocenters. The zero-order chi connectivity index (χ0) is 12.1. The summed E-state index contributed by atoms with van der Waals surface area (Å²) in [7, 11) is 0. The van der Waals surface area contributed by atoms with Crippen LogP contribution >= 0.6 is 0 Å². The van der Waals surface area contributed by atoms with Crippen LogP contribution in [0.2, 0.25) is 0 Å². The van der Waals surface area contributed by atoms with Gasteiger partial charge >= 0.3 is 0 Å². The zero-order valence-electron chi connectivity index (χ0n) is 10.5.